The molecule has 0 saturated heterocycles. The third kappa shape index (κ3) is 3.34. The molecular formula is C13H16BrN3OS. The summed E-state index contributed by atoms with van der Waals surface area (Å²) in [5, 5.41) is 12.3. The molecule has 1 saturated carbocycles. The van der Waals surface area contributed by atoms with Crippen LogP contribution in [0.1, 0.15) is 42.3 Å². The molecule has 0 spiro atoms. The molecule has 102 valence electrons. The second-order valence-electron chi connectivity index (χ2n) is 4.77. The molecule has 1 heterocycles. The van der Waals surface area contributed by atoms with Gasteiger partial charge < -0.3 is 5.32 Å². The second kappa shape index (κ2) is 6.49. The van der Waals surface area contributed by atoms with Crippen LogP contribution in [0.2, 0.25) is 0 Å². The number of nitriles is 1. The van der Waals surface area contributed by atoms with Gasteiger partial charge in [-0.1, -0.05) is 12.8 Å². The van der Waals surface area contributed by atoms with Crippen LogP contribution in [0, 0.1) is 24.2 Å². The van der Waals surface area contributed by atoms with Gasteiger partial charge in [0.2, 0.25) is 5.91 Å². The number of aromatic nitrogens is 1. The SMILES string of the molecule is Cc1nc(C2CCCCC2C(=O)NCC#N)c(Br)s1. The lowest BCUT2D eigenvalue weighted by molar-refractivity contribution is -0.126. The van der Waals surface area contributed by atoms with Crippen molar-refractivity contribution >= 4 is 33.2 Å². The molecule has 0 aliphatic heterocycles. The molecule has 0 radical (unpaired) electrons. The number of thiazole rings is 1. The van der Waals surface area contributed by atoms with E-state index in [-0.39, 0.29) is 24.3 Å². The minimum Gasteiger partial charge on any atom is -0.343 e. The van der Waals surface area contributed by atoms with Gasteiger partial charge in [-0.25, -0.2) is 4.98 Å². The highest BCUT2D eigenvalue weighted by atomic mass is 79.9. The maximum atomic E-state index is 12.2. The Hall–Kier alpha value is -0.930. The molecule has 0 aromatic carbocycles. The Morgan fingerprint density at radius 3 is 2.95 bits per heavy atom. The van der Waals surface area contributed by atoms with Gasteiger partial charge in [0.15, 0.2) is 0 Å². The molecule has 2 rings (SSSR count). The maximum absolute atomic E-state index is 12.2. The Morgan fingerprint density at radius 2 is 2.32 bits per heavy atom. The van der Waals surface area contributed by atoms with Crippen LogP contribution in [0.3, 0.4) is 0 Å². The first-order chi connectivity index (χ1) is 9.13. The molecule has 1 aromatic rings. The van der Waals surface area contributed by atoms with Crippen LogP contribution < -0.4 is 5.32 Å². The number of nitrogens with zero attached hydrogens (tertiary/aromatic N) is 2. The fourth-order valence-corrected chi connectivity index (χ4v) is 4.47. The summed E-state index contributed by atoms with van der Waals surface area (Å²) in [6, 6.07) is 1.95. The highest BCUT2D eigenvalue weighted by Crippen LogP contribution is 2.41. The number of nitrogens with one attached hydrogen (secondary N) is 1. The van der Waals surface area contributed by atoms with Gasteiger partial charge in [0.1, 0.15) is 6.54 Å². The number of halogens is 1. The summed E-state index contributed by atoms with van der Waals surface area (Å²) in [5.41, 5.74) is 1.01. The van der Waals surface area contributed by atoms with Crippen molar-refractivity contribution in [3.63, 3.8) is 0 Å². The van der Waals surface area contributed by atoms with Gasteiger partial charge >= 0.3 is 0 Å². The number of amides is 1. The quantitative estimate of drug-likeness (QED) is 0.859. The smallest absolute Gasteiger partial charge is 0.224 e. The van der Waals surface area contributed by atoms with E-state index < -0.39 is 0 Å². The zero-order valence-corrected chi connectivity index (χ0v) is 13.2. The third-order valence-corrected chi connectivity index (χ3v) is 5.18. The molecule has 19 heavy (non-hydrogen) atoms. The van der Waals surface area contributed by atoms with E-state index in [1.165, 1.54) is 0 Å². The van der Waals surface area contributed by atoms with Crippen molar-refractivity contribution in [3.05, 3.63) is 14.5 Å². The predicted octanol–water partition coefficient (Wildman–Crippen LogP) is 3.13. The lowest BCUT2D eigenvalue weighted by Crippen LogP contribution is -2.36. The zero-order chi connectivity index (χ0) is 13.8. The third-order valence-electron chi connectivity index (χ3n) is 3.51. The molecular weight excluding hydrogens is 326 g/mol. The summed E-state index contributed by atoms with van der Waals surface area (Å²) in [6.07, 6.45) is 4.08. The average molecular weight is 342 g/mol. The van der Waals surface area contributed by atoms with Gasteiger partial charge in [0.05, 0.1) is 20.6 Å². The molecule has 1 amide bonds. The van der Waals surface area contributed by atoms with Crippen LogP contribution in [-0.2, 0) is 4.79 Å². The van der Waals surface area contributed by atoms with E-state index in [0.29, 0.717) is 0 Å². The van der Waals surface area contributed by atoms with Crippen molar-refractivity contribution in [2.24, 2.45) is 5.92 Å². The van der Waals surface area contributed by atoms with E-state index >= 15 is 0 Å². The molecule has 0 bridgehead atoms. The minimum atomic E-state index is -0.0556. The van der Waals surface area contributed by atoms with Crippen molar-refractivity contribution in [2.45, 2.75) is 38.5 Å². The number of hydrogen-bond acceptors (Lipinski definition) is 4. The number of carbonyl (C=O) groups is 1. The first-order valence-electron chi connectivity index (χ1n) is 6.41. The van der Waals surface area contributed by atoms with Gasteiger partial charge in [-0.3, -0.25) is 4.79 Å². The van der Waals surface area contributed by atoms with Crippen molar-refractivity contribution in [1.29, 1.82) is 5.26 Å². The number of aryl methyl sites for hydroxylation is 1. The van der Waals surface area contributed by atoms with Crippen molar-refractivity contribution < 1.29 is 4.79 Å². The normalized spacial score (nSPS) is 22.8. The Bertz CT molecular complexity index is 508. The zero-order valence-electron chi connectivity index (χ0n) is 10.8. The van der Waals surface area contributed by atoms with Crippen LogP contribution in [0.5, 0.6) is 0 Å². The Kier molecular flexibility index (Phi) is 4.94. The predicted molar refractivity (Wildman–Crippen MR) is 77.9 cm³/mol. The molecule has 1 aliphatic carbocycles. The number of carbonyl (C=O) groups excluding carboxylic acids is 1. The summed E-state index contributed by atoms with van der Waals surface area (Å²) in [7, 11) is 0. The van der Waals surface area contributed by atoms with Gasteiger partial charge in [0.25, 0.3) is 0 Å². The van der Waals surface area contributed by atoms with Crippen LogP contribution in [0.25, 0.3) is 0 Å². The highest BCUT2D eigenvalue weighted by molar-refractivity contribution is 9.11. The van der Waals surface area contributed by atoms with Crippen molar-refractivity contribution in [3.8, 4) is 6.07 Å². The van der Waals surface area contributed by atoms with Crippen molar-refractivity contribution in [1.82, 2.24) is 10.3 Å². The van der Waals surface area contributed by atoms with Gasteiger partial charge in [-0.05, 0) is 35.7 Å². The molecule has 1 aliphatic rings. The lowest BCUT2D eigenvalue weighted by atomic mass is 9.77. The lowest BCUT2D eigenvalue weighted by Gasteiger charge is -2.29. The Labute approximate surface area is 125 Å². The Balaban J connectivity index is 2.19. The summed E-state index contributed by atoms with van der Waals surface area (Å²) < 4.78 is 1.04. The molecule has 6 heteroatoms. The van der Waals surface area contributed by atoms with E-state index in [1.807, 2.05) is 13.0 Å². The largest absolute Gasteiger partial charge is 0.343 e. The molecule has 1 N–H and O–H groups in total. The number of rotatable bonds is 3. The standard InChI is InChI=1S/C13H16BrN3OS/c1-8-17-11(12(14)19-8)9-4-2-3-5-10(9)13(18)16-7-6-15/h9-10H,2-5,7H2,1H3,(H,16,18). The van der Waals surface area contributed by atoms with E-state index in [4.69, 9.17) is 5.26 Å². The van der Waals surface area contributed by atoms with Crippen LogP contribution in [0.15, 0.2) is 3.79 Å². The van der Waals surface area contributed by atoms with E-state index in [1.54, 1.807) is 11.3 Å². The average Bonchev–Trinajstić information content (AvgIpc) is 2.75. The summed E-state index contributed by atoms with van der Waals surface area (Å²) in [6.45, 7) is 2.06. The van der Waals surface area contributed by atoms with E-state index in [2.05, 4.69) is 26.2 Å². The van der Waals surface area contributed by atoms with Gasteiger partial charge in [0, 0.05) is 11.8 Å². The van der Waals surface area contributed by atoms with Gasteiger partial charge in [-0.15, -0.1) is 11.3 Å². The first-order valence-corrected chi connectivity index (χ1v) is 8.02. The first kappa shape index (κ1) is 14.5. The molecule has 4 nitrogen and oxygen atoms in total. The molecule has 1 aromatic heterocycles. The fraction of sp³-hybridized carbons (Fsp3) is 0.615. The topological polar surface area (TPSA) is 65.8 Å². The van der Waals surface area contributed by atoms with Crippen LogP contribution in [0.4, 0.5) is 0 Å². The molecule has 1 fully saturated rings. The highest BCUT2D eigenvalue weighted by Gasteiger charge is 2.34. The van der Waals surface area contributed by atoms with Gasteiger partial charge in [-0.2, -0.15) is 5.26 Å². The molecule has 2 unspecified atom stereocenters. The van der Waals surface area contributed by atoms with E-state index in [0.717, 1.165) is 40.2 Å². The van der Waals surface area contributed by atoms with Crippen molar-refractivity contribution in [2.75, 3.05) is 6.54 Å². The van der Waals surface area contributed by atoms with Crippen LogP contribution >= 0.6 is 27.3 Å². The Morgan fingerprint density at radius 1 is 1.58 bits per heavy atom. The number of hydrogen-bond donors (Lipinski definition) is 1. The summed E-state index contributed by atoms with van der Waals surface area (Å²) in [4.78, 5) is 16.7. The monoisotopic (exact) mass is 341 g/mol. The van der Waals surface area contributed by atoms with E-state index in [9.17, 15) is 4.79 Å². The summed E-state index contributed by atoms with van der Waals surface area (Å²) in [5.74, 6) is 0.107. The summed E-state index contributed by atoms with van der Waals surface area (Å²) >= 11 is 5.17. The molecule has 2 atom stereocenters. The van der Waals surface area contributed by atoms with Crippen LogP contribution in [-0.4, -0.2) is 17.4 Å². The second-order valence-corrected chi connectivity index (χ2v) is 7.29. The maximum Gasteiger partial charge on any atom is 0.224 e. The fourth-order valence-electron chi connectivity index (χ4n) is 2.68. The minimum absolute atomic E-state index is 0.0104.